The van der Waals surface area contributed by atoms with Crippen LogP contribution in [-0.2, 0) is 0 Å². The van der Waals surface area contributed by atoms with E-state index < -0.39 is 0 Å². The summed E-state index contributed by atoms with van der Waals surface area (Å²) in [7, 11) is 0. The largest absolute Gasteiger partial charge is 0.295 e. The van der Waals surface area contributed by atoms with Crippen LogP contribution in [0.5, 0.6) is 0 Å². The maximum Gasteiger partial charge on any atom is 0.121 e. The first-order valence-electron chi connectivity index (χ1n) is 6.12. The Morgan fingerprint density at radius 2 is 2.06 bits per heavy atom. The first-order valence-corrected chi connectivity index (χ1v) is 6.12. The molecule has 0 radical (unpaired) electrons. The summed E-state index contributed by atoms with van der Waals surface area (Å²) in [5, 5.41) is 12.6. The summed E-state index contributed by atoms with van der Waals surface area (Å²) in [4.78, 5) is 0. The lowest BCUT2D eigenvalue weighted by Crippen LogP contribution is -2.22. The lowest BCUT2D eigenvalue weighted by Gasteiger charge is -2.12. The maximum atomic E-state index is 9.19. The number of hydrogen-bond donors (Lipinski definition) is 1. The summed E-state index contributed by atoms with van der Waals surface area (Å²) in [6.07, 6.45) is 5.08. The van der Waals surface area contributed by atoms with Crippen molar-refractivity contribution in [1.82, 2.24) is 5.32 Å². The molecule has 2 aliphatic rings. The Morgan fingerprint density at radius 3 is 2.69 bits per heavy atom. The van der Waals surface area contributed by atoms with Crippen molar-refractivity contribution in [2.45, 2.75) is 43.7 Å². The second-order valence-electron chi connectivity index (χ2n) is 4.95. The van der Waals surface area contributed by atoms with Gasteiger partial charge in [0.15, 0.2) is 0 Å². The maximum absolute atomic E-state index is 9.19. The molecule has 2 saturated carbocycles. The molecule has 1 aromatic carbocycles. The fraction of sp³-hybridized carbons (Fsp3) is 0.500. The molecule has 0 saturated heterocycles. The second kappa shape index (κ2) is 3.92. The van der Waals surface area contributed by atoms with Gasteiger partial charge in [-0.1, -0.05) is 24.3 Å². The van der Waals surface area contributed by atoms with Crippen molar-refractivity contribution in [2.24, 2.45) is 0 Å². The highest BCUT2D eigenvalue weighted by Gasteiger charge is 2.27. The van der Waals surface area contributed by atoms with E-state index in [4.69, 9.17) is 0 Å². The standard InChI is InChI=1S/C14H16N2/c15-9-14(16-13-6-7-13)12-3-1-2-11(8-12)10-4-5-10/h1-3,8,10,13-14,16H,4-7H2. The summed E-state index contributed by atoms with van der Waals surface area (Å²) in [6, 6.07) is 11.4. The van der Waals surface area contributed by atoms with Gasteiger partial charge >= 0.3 is 0 Å². The van der Waals surface area contributed by atoms with Crippen LogP contribution in [0.2, 0.25) is 0 Å². The highest BCUT2D eigenvalue weighted by atomic mass is 15.0. The van der Waals surface area contributed by atoms with E-state index in [0.717, 1.165) is 11.5 Å². The second-order valence-corrected chi connectivity index (χ2v) is 4.95. The molecule has 0 spiro atoms. The van der Waals surface area contributed by atoms with Crippen LogP contribution in [0.1, 0.15) is 48.8 Å². The van der Waals surface area contributed by atoms with E-state index in [1.54, 1.807) is 0 Å². The summed E-state index contributed by atoms with van der Waals surface area (Å²) in [5.41, 5.74) is 2.55. The summed E-state index contributed by atoms with van der Waals surface area (Å²) in [6.45, 7) is 0. The average molecular weight is 212 g/mol. The molecule has 3 rings (SSSR count). The van der Waals surface area contributed by atoms with Crippen LogP contribution in [0.25, 0.3) is 0 Å². The van der Waals surface area contributed by atoms with Crippen molar-refractivity contribution in [3.8, 4) is 6.07 Å². The van der Waals surface area contributed by atoms with Gasteiger partial charge in [0.2, 0.25) is 0 Å². The zero-order valence-corrected chi connectivity index (χ0v) is 9.32. The molecule has 0 heterocycles. The molecule has 0 aromatic heterocycles. The Morgan fingerprint density at radius 1 is 1.25 bits per heavy atom. The third-order valence-corrected chi connectivity index (χ3v) is 3.40. The zero-order valence-electron chi connectivity index (χ0n) is 9.32. The van der Waals surface area contributed by atoms with Crippen LogP contribution in [0, 0.1) is 11.3 Å². The molecular weight excluding hydrogens is 196 g/mol. The first kappa shape index (κ1) is 9.86. The fourth-order valence-electron chi connectivity index (χ4n) is 2.10. The molecule has 2 fully saturated rings. The number of benzene rings is 1. The molecule has 0 bridgehead atoms. The van der Waals surface area contributed by atoms with Gasteiger partial charge in [0.25, 0.3) is 0 Å². The molecule has 1 unspecified atom stereocenters. The fourth-order valence-corrected chi connectivity index (χ4v) is 2.10. The molecule has 0 amide bonds. The van der Waals surface area contributed by atoms with Gasteiger partial charge in [-0.05, 0) is 42.7 Å². The predicted octanol–water partition coefficient (Wildman–Crippen LogP) is 2.88. The molecule has 16 heavy (non-hydrogen) atoms. The molecular formula is C14H16N2. The molecule has 1 aromatic rings. The zero-order chi connectivity index (χ0) is 11.0. The summed E-state index contributed by atoms with van der Waals surface area (Å²) in [5.74, 6) is 0.764. The first-order chi connectivity index (χ1) is 7.86. The number of nitrogens with zero attached hydrogens (tertiary/aromatic N) is 1. The highest BCUT2D eigenvalue weighted by Crippen LogP contribution is 2.40. The Hall–Kier alpha value is -1.33. The normalized spacial score (nSPS) is 21.4. The Labute approximate surface area is 96.3 Å². The summed E-state index contributed by atoms with van der Waals surface area (Å²) < 4.78 is 0. The number of nitrogens with one attached hydrogen (secondary N) is 1. The van der Waals surface area contributed by atoms with Crippen LogP contribution >= 0.6 is 0 Å². The highest BCUT2D eigenvalue weighted by molar-refractivity contribution is 5.33. The van der Waals surface area contributed by atoms with Crippen LogP contribution in [0.3, 0.4) is 0 Å². The van der Waals surface area contributed by atoms with E-state index in [1.807, 2.05) is 0 Å². The van der Waals surface area contributed by atoms with Crippen molar-refractivity contribution in [2.75, 3.05) is 0 Å². The van der Waals surface area contributed by atoms with Gasteiger partial charge in [0.05, 0.1) is 6.07 Å². The quantitative estimate of drug-likeness (QED) is 0.833. The van der Waals surface area contributed by atoms with E-state index in [9.17, 15) is 5.26 Å². The minimum atomic E-state index is -0.119. The third-order valence-electron chi connectivity index (χ3n) is 3.40. The molecule has 1 N–H and O–H groups in total. The van der Waals surface area contributed by atoms with Crippen LogP contribution in [0.4, 0.5) is 0 Å². The lowest BCUT2D eigenvalue weighted by atomic mass is 10.0. The number of nitriles is 1. The van der Waals surface area contributed by atoms with Gasteiger partial charge in [0.1, 0.15) is 6.04 Å². The number of rotatable bonds is 4. The average Bonchev–Trinajstić information content (AvgIpc) is 3.18. The van der Waals surface area contributed by atoms with Crippen molar-refractivity contribution in [3.63, 3.8) is 0 Å². The van der Waals surface area contributed by atoms with Gasteiger partial charge < -0.3 is 0 Å². The van der Waals surface area contributed by atoms with Crippen LogP contribution in [0.15, 0.2) is 24.3 Å². The van der Waals surface area contributed by atoms with E-state index >= 15 is 0 Å². The van der Waals surface area contributed by atoms with Gasteiger partial charge in [-0.2, -0.15) is 5.26 Å². The molecule has 2 heteroatoms. The van der Waals surface area contributed by atoms with E-state index in [2.05, 4.69) is 35.7 Å². The third kappa shape index (κ3) is 2.10. The number of hydrogen-bond acceptors (Lipinski definition) is 2. The summed E-state index contributed by atoms with van der Waals surface area (Å²) >= 11 is 0. The molecule has 2 aliphatic carbocycles. The van der Waals surface area contributed by atoms with E-state index in [-0.39, 0.29) is 6.04 Å². The molecule has 0 aliphatic heterocycles. The van der Waals surface area contributed by atoms with Gasteiger partial charge in [-0.25, -0.2) is 0 Å². The van der Waals surface area contributed by atoms with Crippen LogP contribution in [-0.4, -0.2) is 6.04 Å². The van der Waals surface area contributed by atoms with Gasteiger partial charge in [-0.3, -0.25) is 5.32 Å². The van der Waals surface area contributed by atoms with Crippen molar-refractivity contribution in [1.29, 1.82) is 5.26 Å². The van der Waals surface area contributed by atoms with Crippen molar-refractivity contribution >= 4 is 0 Å². The minimum Gasteiger partial charge on any atom is -0.295 e. The Kier molecular flexibility index (Phi) is 2.41. The SMILES string of the molecule is N#CC(NC1CC1)c1cccc(C2CC2)c1. The van der Waals surface area contributed by atoms with Crippen molar-refractivity contribution in [3.05, 3.63) is 35.4 Å². The smallest absolute Gasteiger partial charge is 0.121 e. The van der Waals surface area contributed by atoms with E-state index in [0.29, 0.717) is 6.04 Å². The minimum absolute atomic E-state index is 0.119. The lowest BCUT2D eigenvalue weighted by molar-refractivity contribution is 0.625. The van der Waals surface area contributed by atoms with E-state index in [1.165, 1.54) is 31.2 Å². The van der Waals surface area contributed by atoms with Gasteiger partial charge in [0, 0.05) is 6.04 Å². The van der Waals surface area contributed by atoms with Crippen LogP contribution < -0.4 is 5.32 Å². The molecule has 2 nitrogen and oxygen atoms in total. The topological polar surface area (TPSA) is 35.8 Å². The Balaban J connectivity index is 1.79. The van der Waals surface area contributed by atoms with Crippen molar-refractivity contribution < 1.29 is 0 Å². The van der Waals surface area contributed by atoms with Gasteiger partial charge in [-0.15, -0.1) is 0 Å². The molecule has 82 valence electrons. The predicted molar refractivity (Wildman–Crippen MR) is 62.9 cm³/mol. The monoisotopic (exact) mass is 212 g/mol. The molecule has 1 atom stereocenters. The Bertz CT molecular complexity index is 425.